The zero-order chi connectivity index (χ0) is 21.6. The molecule has 0 spiro atoms. The molecule has 0 saturated heterocycles. The quantitative estimate of drug-likeness (QED) is 0.317. The van der Waals surface area contributed by atoms with Crippen LogP contribution in [0, 0.1) is 0 Å². The number of para-hydroxylation sites is 1. The van der Waals surface area contributed by atoms with Gasteiger partial charge >= 0.3 is 0 Å². The van der Waals surface area contributed by atoms with Crippen LogP contribution in [0.3, 0.4) is 0 Å². The molecule has 0 aliphatic rings. The molecule has 0 saturated carbocycles. The summed E-state index contributed by atoms with van der Waals surface area (Å²) in [5.41, 5.74) is 1.88. The van der Waals surface area contributed by atoms with E-state index in [1.54, 1.807) is 54.6 Å². The third-order valence-corrected chi connectivity index (χ3v) is 5.10. The molecular formula is C26H18BrNO3. The van der Waals surface area contributed by atoms with Gasteiger partial charge in [-0.2, -0.15) is 0 Å². The van der Waals surface area contributed by atoms with Crippen LogP contribution in [0.25, 0.3) is 0 Å². The summed E-state index contributed by atoms with van der Waals surface area (Å²) in [6, 6.07) is 30.4. The lowest BCUT2D eigenvalue weighted by Gasteiger charge is -2.12. The van der Waals surface area contributed by atoms with Crippen LogP contribution < -0.4 is 10.1 Å². The molecule has 5 heteroatoms. The van der Waals surface area contributed by atoms with Gasteiger partial charge in [0, 0.05) is 21.2 Å². The normalized spacial score (nSPS) is 10.4. The van der Waals surface area contributed by atoms with E-state index in [2.05, 4.69) is 21.2 Å². The van der Waals surface area contributed by atoms with Crippen molar-refractivity contribution >= 4 is 33.3 Å². The van der Waals surface area contributed by atoms with Gasteiger partial charge in [-0.1, -0.05) is 64.5 Å². The molecular weight excluding hydrogens is 454 g/mol. The number of halogens is 1. The number of benzene rings is 4. The topological polar surface area (TPSA) is 55.4 Å². The first-order chi connectivity index (χ1) is 15.1. The van der Waals surface area contributed by atoms with E-state index in [9.17, 15) is 9.59 Å². The van der Waals surface area contributed by atoms with E-state index in [0.29, 0.717) is 28.1 Å². The fourth-order valence-electron chi connectivity index (χ4n) is 3.06. The Bertz CT molecular complexity index is 1210. The summed E-state index contributed by atoms with van der Waals surface area (Å²) in [4.78, 5) is 25.8. The average Bonchev–Trinajstić information content (AvgIpc) is 2.80. The number of carbonyl (C=O) groups excluding carboxylic acids is 2. The second-order valence-electron chi connectivity index (χ2n) is 6.78. The second kappa shape index (κ2) is 9.41. The minimum absolute atomic E-state index is 0.157. The molecule has 0 bridgehead atoms. The number of ketones is 1. The number of carbonyl (C=O) groups is 2. The SMILES string of the molecule is O=C(Nc1cc(Br)ccc1C(=O)c1ccccc1)c1ccc(Oc2ccccc2)cc1. The molecule has 0 aliphatic heterocycles. The Balaban J connectivity index is 1.53. The number of amides is 1. The minimum atomic E-state index is -0.313. The zero-order valence-electron chi connectivity index (χ0n) is 16.4. The average molecular weight is 472 g/mol. The zero-order valence-corrected chi connectivity index (χ0v) is 18.0. The van der Waals surface area contributed by atoms with Gasteiger partial charge in [0.15, 0.2) is 5.78 Å². The molecule has 0 radical (unpaired) electrons. The Kier molecular flexibility index (Phi) is 6.24. The minimum Gasteiger partial charge on any atom is -0.457 e. The molecule has 4 nitrogen and oxygen atoms in total. The number of ether oxygens (including phenoxy) is 1. The van der Waals surface area contributed by atoms with Crippen molar-refractivity contribution in [3.05, 3.63) is 124 Å². The van der Waals surface area contributed by atoms with E-state index in [0.717, 1.165) is 10.2 Å². The van der Waals surface area contributed by atoms with Crippen LogP contribution in [0.2, 0.25) is 0 Å². The van der Waals surface area contributed by atoms with Crippen molar-refractivity contribution in [3.8, 4) is 11.5 Å². The van der Waals surface area contributed by atoms with E-state index >= 15 is 0 Å². The van der Waals surface area contributed by atoms with Gasteiger partial charge in [0.2, 0.25) is 0 Å². The Hall–Kier alpha value is -3.70. The van der Waals surface area contributed by atoms with Gasteiger partial charge in [-0.3, -0.25) is 9.59 Å². The fraction of sp³-hybridized carbons (Fsp3) is 0. The molecule has 0 aliphatic carbocycles. The summed E-state index contributed by atoms with van der Waals surface area (Å²) >= 11 is 3.41. The molecule has 4 aromatic rings. The van der Waals surface area contributed by atoms with E-state index < -0.39 is 0 Å². The molecule has 31 heavy (non-hydrogen) atoms. The molecule has 0 atom stereocenters. The fourth-order valence-corrected chi connectivity index (χ4v) is 3.42. The summed E-state index contributed by atoms with van der Waals surface area (Å²) in [6.45, 7) is 0. The van der Waals surface area contributed by atoms with Gasteiger partial charge in [-0.25, -0.2) is 0 Å². The molecule has 0 unspecified atom stereocenters. The Morgan fingerprint density at radius 1 is 0.677 bits per heavy atom. The van der Waals surface area contributed by atoms with Crippen molar-refractivity contribution in [2.24, 2.45) is 0 Å². The van der Waals surface area contributed by atoms with Gasteiger partial charge in [0.1, 0.15) is 11.5 Å². The van der Waals surface area contributed by atoms with Crippen molar-refractivity contribution in [1.29, 1.82) is 0 Å². The molecule has 1 N–H and O–H groups in total. The highest BCUT2D eigenvalue weighted by molar-refractivity contribution is 9.10. The Morgan fingerprint density at radius 3 is 1.97 bits per heavy atom. The smallest absolute Gasteiger partial charge is 0.255 e. The lowest BCUT2D eigenvalue weighted by molar-refractivity contribution is 0.102. The Labute approximate surface area is 188 Å². The van der Waals surface area contributed by atoms with Gasteiger partial charge in [0.25, 0.3) is 5.91 Å². The van der Waals surface area contributed by atoms with E-state index in [4.69, 9.17) is 4.74 Å². The van der Waals surface area contributed by atoms with Crippen LogP contribution in [0.15, 0.2) is 108 Å². The largest absolute Gasteiger partial charge is 0.457 e. The van der Waals surface area contributed by atoms with E-state index in [1.165, 1.54) is 0 Å². The highest BCUT2D eigenvalue weighted by atomic mass is 79.9. The third kappa shape index (κ3) is 5.08. The van der Waals surface area contributed by atoms with Crippen molar-refractivity contribution < 1.29 is 14.3 Å². The van der Waals surface area contributed by atoms with Gasteiger partial charge in [0.05, 0.1) is 5.69 Å². The van der Waals surface area contributed by atoms with Crippen LogP contribution >= 0.6 is 15.9 Å². The maximum atomic E-state index is 12.9. The number of anilines is 1. The summed E-state index contributed by atoms with van der Waals surface area (Å²) in [6.07, 6.45) is 0. The molecule has 0 heterocycles. The summed E-state index contributed by atoms with van der Waals surface area (Å²) in [7, 11) is 0. The van der Waals surface area contributed by atoms with Crippen LogP contribution in [0.5, 0.6) is 11.5 Å². The van der Waals surface area contributed by atoms with Crippen LogP contribution in [0.1, 0.15) is 26.3 Å². The standard InChI is InChI=1S/C26H18BrNO3/c27-20-13-16-23(25(29)18-7-3-1-4-8-18)24(17-20)28-26(30)19-11-14-22(15-12-19)31-21-9-5-2-6-10-21/h1-17H,(H,28,30). The summed E-state index contributed by atoms with van der Waals surface area (Å²) < 4.78 is 6.53. The number of hydrogen-bond donors (Lipinski definition) is 1. The van der Waals surface area contributed by atoms with Crippen LogP contribution in [0.4, 0.5) is 5.69 Å². The van der Waals surface area contributed by atoms with Crippen LogP contribution in [-0.4, -0.2) is 11.7 Å². The highest BCUT2D eigenvalue weighted by Gasteiger charge is 2.16. The summed E-state index contributed by atoms with van der Waals surface area (Å²) in [5.74, 6) is 0.879. The predicted octanol–water partition coefficient (Wildman–Crippen LogP) is 6.72. The Morgan fingerprint density at radius 2 is 1.29 bits per heavy atom. The first kappa shape index (κ1) is 20.6. The first-order valence-corrected chi connectivity index (χ1v) is 10.4. The molecule has 0 aromatic heterocycles. The first-order valence-electron chi connectivity index (χ1n) is 9.64. The second-order valence-corrected chi connectivity index (χ2v) is 7.69. The van der Waals surface area contributed by atoms with Crippen molar-refractivity contribution in [2.45, 2.75) is 0 Å². The predicted molar refractivity (Wildman–Crippen MR) is 125 cm³/mol. The third-order valence-electron chi connectivity index (χ3n) is 4.61. The van der Waals surface area contributed by atoms with Crippen molar-refractivity contribution in [2.75, 3.05) is 5.32 Å². The van der Waals surface area contributed by atoms with Gasteiger partial charge in [-0.15, -0.1) is 0 Å². The molecule has 0 fully saturated rings. The van der Waals surface area contributed by atoms with Crippen molar-refractivity contribution in [1.82, 2.24) is 0 Å². The molecule has 4 aromatic carbocycles. The van der Waals surface area contributed by atoms with E-state index in [1.807, 2.05) is 48.5 Å². The number of rotatable bonds is 6. The lowest BCUT2D eigenvalue weighted by Crippen LogP contribution is -2.15. The maximum Gasteiger partial charge on any atom is 0.255 e. The maximum absolute atomic E-state index is 12.9. The molecule has 1 amide bonds. The molecule has 152 valence electrons. The van der Waals surface area contributed by atoms with E-state index in [-0.39, 0.29) is 11.7 Å². The highest BCUT2D eigenvalue weighted by Crippen LogP contribution is 2.26. The van der Waals surface area contributed by atoms with Crippen molar-refractivity contribution in [3.63, 3.8) is 0 Å². The lowest BCUT2D eigenvalue weighted by atomic mass is 10.0. The summed E-state index contributed by atoms with van der Waals surface area (Å²) in [5, 5.41) is 2.86. The number of hydrogen-bond acceptors (Lipinski definition) is 3. The molecule has 4 rings (SSSR count). The van der Waals surface area contributed by atoms with Gasteiger partial charge < -0.3 is 10.1 Å². The van der Waals surface area contributed by atoms with Crippen LogP contribution in [-0.2, 0) is 0 Å². The van der Waals surface area contributed by atoms with Gasteiger partial charge in [-0.05, 0) is 54.6 Å². The monoisotopic (exact) mass is 471 g/mol. The number of nitrogens with one attached hydrogen (secondary N) is 1.